The zero-order chi connectivity index (χ0) is 17.4. The summed E-state index contributed by atoms with van der Waals surface area (Å²) >= 11 is -5.03. The molecule has 0 heterocycles. The Morgan fingerprint density at radius 3 is 2.18 bits per heavy atom. The van der Waals surface area contributed by atoms with Crippen LogP contribution in [0.4, 0.5) is 0 Å². The third kappa shape index (κ3) is 13.9. The van der Waals surface area contributed by atoms with Crippen LogP contribution in [0.5, 0.6) is 0 Å². The lowest BCUT2D eigenvalue weighted by Crippen LogP contribution is -2.32. The van der Waals surface area contributed by atoms with Crippen molar-refractivity contribution in [2.75, 3.05) is 13.2 Å². The van der Waals surface area contributed by atoms with Gasteiger partial charge in [0, 0.05) is 0 Å². The summed E-state index contributed by atoms with van der Waals surface area (Å²) in [7, 11) is -6.62. The summed E-state index contributed by atoms with van der Waals surface area (Å²) in [5.41, 5.74) is 0. The average molecular weight is 401 g/mol. The molecule has 0 aromatic heterocycles. The van der Waals surface area contributed by atoms with E-state index in [1.54, 1.807) is 19.6 Å². The van der Waals surface area contributed by atoms with Crippen molar-refractivity contribution in [2.45, 2.75) is 38.6 Å². The van der Waals surface area contributed by atoms with E-state index in [0.29, 0.717) is 0 Å². The molecule has 0 aromatic carbocycles. The van der Waals surface area contributed by atoms with E-state index in [-0.39, 0.29) is 19.4 Å². The molecule has 14 heteroatoms. The largest absolute Gasteiger partial charge is 0.390 e. The highest BCUT2D eigenvalue weighted by Crippen LogP contribution is 2.12. The van der Waals surface area contributed by atoms with Crippen molar-refractivity contribution in [1.82, 2.24) is 0 Å². The second-order valence-electron chi connectivity index (χ2n) is 5.01. The van der Waals surface area contributed by atoms with Crippen LogP contribution in [0, 0.1) is 0 Å². The molecule has 0 aliphatic heterocycles. The van der Waals surface area contributed by atoms with Crippen LogP contribution in [-0.4, -0.2) is 53.6 Å². The van der Waals surface area contributed by atoms with Gasteiger partial charge in [-0.3, -0.25) is 21.3 Å². The maximum atomic E-state index is 11.6. The van der Waals surface area contributed by atoms with Crippen molar-refractivity contribution in [3.63, 3.8) is 0 Å². The van der Waals surface area contributed by atoms with Crippen molar-refractivity contribution in [2.24, 2.45) is 0 Å². The number of hydrogen-bond acceptors (Lipinski definition) is 8. The Labute approximate surface area is 135 Å². The molecule has 0 aromatic rings. The fraction of sp³-hybridized carbons (Fsp3) is 1.00. The minimum Gasteiger partial charge on any atom is -0.294 e. The molecule has 0 bridgehead atoms. The Balaban J connectivity index is 4.40. The van der Waals surface area contributed by atoms with Gasteiger partial charge in [0.15, 0.2) is 0 Å². The fourth-order valence-corrected chi connectivity index (χ4v) is 4.81. The third-order valence-electron chi connectivity index (χ3n) is 1.82. The molecule has 134 valence electrons. The van der Waals surface area contributed by atoms with E-state index in [0.717, 1.165) is 0 Å². The van der Waals surface area contributed by atoms with Gasteiger partial charge in [-0.1, -0.05) is 0 Å². The van der Waals surface area contributed by atoms with Crippen LogP contribution in [0.15, 0.2) is 0 Å². The van der Waals surface area contributed by atoms with Crippen LogP contribution in [0.2, 0.25) is 19.6 Å². The molecule has 0 fully saturated rings. The smallest absolute Gasteiger partial charge is 0.294 e. The zero-order valence-electron chi connectivity index (χ0n) is 12.3. The van der Waals surface area contributed by atoms with Gasteiger partial charge in [0.2, 0.25) is 8.32 Å². The quantitative estimate of drug-likeness (QED) is 0.270. The van der Waals surface area contributed by atoms with Crippen LogP contribution in [0.1, 0.15) is 12.8 Å². The van der Waals surface area contributed by atoms with Crippen molar-refractivity contribution in [1.29, 1.82) is 0 Å². The molecule has 3 unspecified atom stereocenters. The van der Waals surface area contributed by atoms with Gasteiger partial charge in [0.25, 0.3) is 0 Å². The van der Waals surface area contributed by atoms with Crippen LogP contribution >= 0.6 is 0 Å². The lowest BCUT2D eigenvalue weighted by molar-refractivity contribution is 0.113. The number of hydrogen-bond donors (Lipinski definition) is 2. The Bertz CT molecular complexity index is 473. The molecule has 0 rings (SSSR count). The molecule has 0 spiro atoms. The van der Waals surface area contributed by atoms with E-state index >= 15 is 0 Å². The minimum absolute atomic E-state index is 0.0754. The summed E-state index contributed by atoms with van der Waals surface area (Å²) in [5, 5.41) is 0. The molecule has 3 atom stereocenters. The minimum atomic E-state index is -4.23. The summed E-state index contributed by atoms with van der Waals surface area (Å²) in [6, 6.07) is 0. The van der Waals surface area contributed by atoms with Crippen LogP contribution in [0.25, 0.3) is 0 Å². The molecule has 0 aliphatic carbocycles. The maximum absolute atomic E-state index is 11.6. The maximum Gasteiger partial charge on any atom is 0.390 e. The van der Waals surface area contributed by atoms with Crippen LogP contribution < -0.4 is 0 Å². The monoisotopic (exact) mass is 400 g/mol. The number of rotatable bonds is 12. The van der Waals surface area contributed by atoms with Crippen molar-refractivity contribution in [3.05, 3.63) is 0 Å². The fourth-order valence-electron chi connectivity index (χ4n) is 1.21. The lowest BCUT2D eigenvalue weighted by Gasteiger charge is -2.18. The molecule has 22 heavy (non-hydrogen) atoms. The highest BCUT2D eigenvalue weighted by molar-refractivity contribution is 7.83. The van der Waals surface area contributed by atoms with Crippen molar-refractivity contribution >= 4 is 41.4 Å². The van der Waals surface area contributed by atoms with Gasteiger partial charge in [-0.25, -0.2) is 4.18 Å². The molecule has 0 amide bonds. The van der Waals surface area contributed by atoms with Gasteiger partial charge >= 0.3 is 33.1 Å². The molecule has 0 radical (unpaired) electrons. The molecule has 0 saturated carbocycles. The van der Waals surface area contributed by atoms with E-state index in [2.05, 4.69) is 12.5 Å². The first kappa shape index (κ1) is 22.2. The topological polar surface area (TPSA) is 146 Å². The van der Waals surface area contributed by atoms with Crippen molar-refractivity contribution in [3.8, 4) is 0 Å². The molecule has 0 saturated heterocycles. The summed E-state index contributed by atoms with van der Waals surface area (Å²) in [6.07, 6.45) is -0.764. The Hall–Kier alpha value is 0.227. The van der Waals surface area contributed by atoms with E-state index in [1.165, 1.54) is 0 Å². The summed E-state index contributed by atoms with van der Waals surface area (Å²) in [6.45, 7) is 4.31. The first-order valence-corrected chi connectivity index (χ1v) is 12.8. The van der Waals surface area contributed by atoms with Crippen LogP contribution in [0.3, 0.4) is 0 Å². The predicted molar refractivity (Wildman–Crippen MR) is 80.9 cm³/mol. The van der Waals surface area contributed by atoms with E-state index in [9.17, 15) is 16.8 Å². The Kier molecular flexibility index (Phi) is 10.3. The molecule has 2 N–H and O–H groups in total. The summed E-state index contributed by atoms with van der Waals surface area (Å²) < 4.78 is 79.5. The lowest BCUT2D eigenvalue weighted by atomic mass is 10.2. The van der Waals surface area contributed by atoms with Gasteiger partial charge < -0.3 is 0 Å². The van der Waals surface area contributed by atoms with Crippen molar-refractivity contribution < 1.29 is 42.4 Å². The van der Waals surface area contributed by atoms with Crippen LogP contribution in [-0.2, 0) is 49.5 Å². The SMILES string of the molecule is C[Si](C)(C)OS(=O)(=O)OCC(CCCOS(=O)O)OS(=O)O. The highest BCUT2D eigenvalue weighted by atomic mass is 32.3. The second-order valence-corrected chi connectivity index (χ2v) is 12.2. The molecular formula is C8H20O10S3Si. The first-order chi connectivity index (χ1) is 9.91. The van der Waals surface area contributed by atoms with E-state index in [4.69, 9.17) is 13.0 Å². The Morgan fingerprint density at radius 2 is 1.73 bits per heavy atom. The molecule has 0 aliphatic rings. The van der Waals surface area contributed by atoms with Gasteiger partial charge in [0.05, 0.1) is 13.2 Å². The van der Waals surface area contributed by atoms with Gasteiger partial charge in [-0.05, 0) is 32.5 Å². The third-order valence-corrected chi connectivity index (χ3v) is 5.87. The zero-order valence-corrected chi connectivity index (χ0v) is 15.7. The Morgan fingerprint density at radius 1 is 1.14 bits per heavy atom. The summed E-state index contributed by atoms with van der Waals surface area (Å²) in [4.78, 5) is 0. The van der Waals surface area contributed by atoms with Gasteiger partial charge in [0.1, 0.15) is 6.10 Å². The first-order valence-electron chi connectivity index (χ1n) is 6.03. The molecular weight excluding hydrogens is 380 g/mol. The van der Waals surface area contributed by atoms with Gasteiger partial charge in [-0.2, -0.15) is 16.8 Å². The average Bonchev–Trinajstić information content (AvgIpc) is 2.27. The predicted octanol–water partition coefficient (Wildman–Crippen LogP) is 0.555. The van der Waals surface area contributed by atoms with E-state index < -0.39 is 54.1 Å². The van der Waals surface area contributed by atoms with Gasteiger partial charge in [-0.15, -0.1) is 0 Å². The normalized spacial score (nSPS) is 17.1. The highest BCUT2D eigenvalue weighted by Gasteiger charge is 2.26. The second kappa shape index (κ2) is 10.2. The van der Waals surface area contributed by atoms with E-state index in [1.807, 2.05) is 0 Å². The standard InChI is InChI=1S/C8H20O10S3Si/c1-22(2,3)18-21(13,14)16-7-8(17-20(11)12)5-4-6-15-19(9)10/h8H,4-7H2,1-3H3,(H,9,10)(H,11,12). The molecule has 10 nitrogen and oxygen atoms in total. The summed E-state index contributed by atoms with van der Waals surface area (Å²) in [5.74, 6) is 0.